The van der Waals surface area contributed by atoms with E-state index < -0.39 is 16.0 Å². The van der Waals surface area contributed by atoms with Gasteiger partial charge in [-0.3, -0.25) is 4.72 Å². The normalized spacial score (nSPS) is 15.4. The van der Waals surface area contributed by atoms with Gasteiger partial charge in [0, 0.05) is 26.2 Å². The number of carboxylic acid groups (broad SMARTS) is 1. The second kappa shape index (κ2) is 9.06. The number of sulfonamides is 1. The Bertz CT molecular complexity index is 996. The van der Waals surface area contributed by atoms with Crippen molar-refractivity contribution in [2.24, 2.45) is 5.92 Å². The minimum absolute atomic E-state index is 0.0397. The van der Waals surface area contributed by atoms with Crippen LogP contribution in [0.2, 0.25) is 0 Å². The molecule has 0 radical (unpaired) electrons. The van der Waals surface area contributed by atoms with Gasteiger partial charge in [-0.1, -0.05) is 26.0 Å². The third-order valence-corrected chi connectivity index (χ3v) is 6.59. The van der Waals surface area contributed by atoms with E-state index in [-0.39, 0.29) is 16.1 Å². The molecule has 1 aliphatic rings. The van der Waals surface area contributed by atoms with Crippen LogP contribution in [-0.4, -0.2) is 57.6 Å². The first-order valence-corrected chi connectivity index (χ1v) is 11.6. The Morgan fingerprint density at radius 2 is 1.70 bits per heavy atom. The van der Waals surface area contributed by atoms with Gasteiger partial charge in [-0.05, 0) is 55.3 Å². The van der Waals surface area contributed by atoms with Crippen LogP contribution in [0.25, 0.3) is 0 Å². The van der Waals surface area contributed by atoms with Crippen molar-refractivity contribution < 1.29 is 18.3 Å². The molecular weight excluding hydrogens is 402 g/mol. The van der Waals surface area contributed by atoms with Crippen LogP contribution in [0.4, 0.5) is 11.4 Å². The Morgan fingerprint density at radius 3 is 2.27 bits per heavy atom. The van der Waals surface area contributed by atoms with Crippen molar-refractivity contribution in [2.45, 2.75) is 25.2 Å². The number of anilines is 2. The summed E-state index contributed by atoms with van der Waals surface area (Å²) in [6.45, 7) is 7.40. The molecule has 2 aromatic carbocycles. The molecule has 0 aliphatic carbocycles. The van der Waals surface area contributed by atoms with Gasteiger partial charge in [0.1, 0.15) is 0 Å². The molecule has 1 heterocycles. The summed E-state index contributed by atoms with van der Waals surface area (Å²) in [5.74, 6) is -0.617. The second-order valence-corrected chi connectivity index (χ2v) is 9.86. The van der Waals surface area contributed by atoms with Crippen LogP contribution in [0, 0.1) is 5.92 Å². The summed E-state index contributed by atoms with van der Waals surface area (Å²) in [5.41, 5.74) is 2.09. The van der Waals surface area contributed by atoms with Gasteiger partial charge in [0.2, 0.25) is 0 Å². The van der Waals surface area contributed by atoms with Crippen LogP contribution in [0.5, 0.6) is 0 Å². The van der Waals surface area contributed by atoms with Crippen molar-refractivity contribution >= 4 is 27.4 Å². The first-order valence-electron chi connectivity index (χ1n) is 10.1. The number of aromatic carboxylic acids is 1. The van der Waals surface area contributed by atoms with Crippen LogP contribution in [0.3, 0.4) is 0 Å². The fourth-order valence-electron chi connectivity index (χ4n) is 3.55. The molecular formula is C22H29N3O4S. The molecule has 30 heavy (non-hydrogen) atoms. The molecule has 2 aromatic rings. The third kappa shape index (κ3) is 5.31. The summed E-state index contributed by atoms with van der Waals surface area (Å²) in [6.07, 6.45) is 0.877. The molecule has 0 spiro atoms. The topological polar surface area (TPSA) is 89.9 Å². The van der Waals surface area contributed by atoms with Crippen LogP contribution in [0.15, 0.2) is 47.4 Å². The zero-order chi connectivity index (χ0) is 21.9. The largest absolute Gasteiger partial charge is 0.478 e. The molecule has 1 saturated heterocycles. The summed E-state index contributed by atoms with van der Waals surface area (Å²) < 4.78 is 28.7. The highest BCUT2D eigenvalue weighted by atomic mass is 32.2. The molecule has 1 aliphatic heterocycles. The van der Waals surface area contributed by atoms with Gasteiger partial charge in [0.15, 0.2) is 0 Å². The lowest BCUT2D eigenvalue weighted by Crippen LogP contribution is -2.44. The molecule has 0 unspecified atom stereocenters. The lowest BCUT2D eigenvalue weighted by Gasteiger charge is -2.35. The first-order chi connectivity index (χ1) is 14.2. The zero-order valence-electron chi connectivity index (χ0n) is 17.6. The molecule has 0 atom stereocenters. The Balaban J connectivity index is 1.91. The molecule has 2 N–H and O–H groups in total. The van der Waals surface area contributed by atoms with E-state index in [0.29, 0.717) is 11.6 Å². The minimum Gasteiger partial charge on any atom is -0.478 e. The summed E-state index contributed by atoms with van der Waals surface area (Å²) in [7, 11) is -1.81. The number of hydrogen-bond acceptors (Lipinski definition) is 5. The lowest BCUT2D eigenvalue weighted by molar-refractivity contribution is 0.0697. The number of hydrogen-bond donors (Lipinski definition) is 2. The van der Waals surface area contributed by atoms with E-state index in [1.165, 1.54) is 12.1 Å². The number of piperazine rings is 1. The van der Waals surface area contributed by atoms with Gasteiger partial charge in [0.25, 0.3) is 10.0 Å². The van der Waals surface area contributed by atoms with Crippen molar-refractivity contribution in [3.63, 3.8) is 0 Å². The second-order valence-electron chi connectivity index (χ2n) is 8.17. The van der Waals surface area contributed by atoms with E-state index in [1.54, 1.807) is 18.2 Å². The van der Waals surface area contributed by atoms with Gasteiger partial charge in [0.05, 0.1) is 21.8 Å². The van der Waals surface area contributed by atoms with Crippen molar-refractivity contribution in [2.75, 3.05) is 42.8 Å². The summed E-state index contributed by atoms with van der Waals surface area (Å²) in [6, 6.07) is 11.4. The number of carboxylic acids is 1. The summed E-state index contributed by atoms with van der Waals surface area (Å²) >= 11 is 0. The van der Waals surface area contributed by atoms with Crippen molar-refractivity contribution in [1.82, 2.24) is 4.90 Å². The molecule has 0 amide bonds. The molecule has 0 saturated carbocycles. The van der Waals surface area contributed by atoms with Crippen LogP contribution >= 0.6 is 0 Å². The number of likely N-dealkylation sites (N-methyl/N-ethyl adjacent to an activating group) is 1. The van der Waals surface area contributed by atoms with E-state index in [9.17, 15) is 18.3 Å². The lowest BCUT2D eigenvalue weighted by atomic mass is 10.0. The van der Waals surface area contributed by atoms with E-state index in [2.05, 4.69) is 28.4 Å². The monoisotopic (exact) mass is 431 g/mol. The van der Waals surface area contributed by atoms with Crippen LogP contribution < -0.4 is 9.62 Å². The van der Waals surface area contributed by atoms with Crippen molar-refractivity contribution in [3.05, 3.63) is 53.6 Å². The molecule has 8 heteroatoms. The van der Waals surface area contributed by atoms with E-state index in [4.69, 9.17) is 0 Å². The fourth-order valence-corrected chi connectivity index (χ4v) is 4.62. The average molecular weight is 432 g/mol. The molecule has 0 aromatic heterocycles. The molecule has 3 rings (SSSR count). The SMILES string of the molecule is CC(C)Cc1ccc(S(=O)(=O)Nc2cc(C(=O)O)ccc2N2CCN(C)CC2)cc1. The van der Waals surface area contributed by atoms with Gasteiger partial charge >= 0.3 is 5.97 Å². The zero-order valence-corrected chi connectivity index (χ0v) is 18.4. The van der Waals surface area contributed by atoms with Gasteiger partial charge in [-0.2, -0.15) is 0 Å². The molecule has 0 bridgehead atoms. The number of nitrogens with one attached hydrogen (secondary N) is 1. The maximum absolute atomic E-state index is 13.0. The van der Waals surface area contributed by atoms with Gasteiger partial charge in [-0.25, -0.2) is 13.2 Å². The first kappa shape index (κ1) is 22.1. The highest BCUT2D eigenvalue weighted by molar-refractivity contribution is 7.92. The standard InChI is InChI=1S/C22H29N3O4S/c1-16(2)14-17-4-7-19(8-5-17)30(28,29)23-20-15-18(22(26)27)6-9-21(20)25-12-10-24(3)11-13-25/h4-9,15-16,23H,10-14H2,1-3H3,(H,26,27). The Morgan fingerprint density at radius 1 is 1.07 bits per heavy atom. The maximum Gasteiger partial charge on any atom is 0.335 e. The van der Waals surface area contributed by atoms with Gasteiger partial charge < -0.3 is 14.9 Å². The smallest absolute Gasteiger partial charge is 0.335 e. The van der Waals surface area contributed by atoms with Gasteiger partial charge in [-0.15, -0.1) is 0 Å². The predicted molar refractivity (Wildman–Crippen MR) is 119 cm³/mol. The molecule has 1 fully saturated rings. The van der Waals surface area contributed by atoms with E-state index in [1.807, 2.05) is 19.2 Å². The highest BCUT2D eigenvalue weighted by Crippen LogP contribution is 2.30. The Labute approximate surface area is 178 Å². The number of carbonyl (C=O) groups is 1. The van der Waals surface area contributed by atoms with Crippen LogP contribution in [-0.2, 0) is 16.4 Å². The molecule has 162 valence electrons. The van der Waals surface area contributed by atoms with Crippen LogP contribution in [0.1, 0.15) is 29.8 Å². The minimum atomic E-state index is -3.85. The Hall–Kier alpha value is -2.58. The maximum atomic E-state index is 13.0. The number of benzene rings is 2. The third-order valence-electron chi connectivity index (χ3n) is 5.21. The highest BCUT2D eigenvalue weighted by Gasteiger charge is 2.22. The van der Waals surface area contributed by atoms with E-state index in [0.717, 1.165) is 38.2 Å². The number of nitrogens with zero attached hydrogens (tertiary/aromatic N) is 2. The molecule has 7 nitrogen and oxygen atoms in total. The summed E-state index contributed by atoms with van der Waals surface area (Å²) in [5, 5.41) is 9.37. The fraction of sp³-hybridized carbons (Fsp3) is 0.409. The van der Waals surface area contributed by atoms with Crippen molar-refractivity contribution in [3.8, 4) is 0 Å². The van der Waals surface area contributed by atoms with E-state index >= 15 is 0 Å². The quantitative estimate of drug-likeness (QED) is 0.700. The predicted octanol–water partition coefficient (Wildman–Crippen LogP) is 3.14. The number of rotatable bonds is 7. The Kier molecular flexibility index (Phi) is 6.67. The average Bonchev–Trinajstić information content (AvgIpc) is 2.68. The summed E-state index contributed by atoms with van der Waals surface area (Å²) in [4.78, 5) is 15.9. The van der Waals surface area contributed by atoms with Crippen molar-refractivity contribution in [1.29, 1.82) is 0 Å².